The summed E-state index contributed by atoms with van der Waals surface area (Å²) in [6.45, 7) is 1.94. The average Bonchev–Trinajstić information content (AvgIpc) is 3.74. The second kappa shape index (κ2) is 10.1. The van der Waals surface area contributed by atoms with Crippen LogP contribution in [0.1, 0.15) is 66.1 Å². The molecular formula is C31H39N3O8. The fraction of sp³-hybridized carbons (Fsp3) is 0.581. The first-order chi connectivity index (χ1) is 19.9. The topological polar surface area (TPSA) is 174 Å². The number of likely N-dealkylation sites (N-methyl/N-ethyl adjacent to an activating group) is 1. The zero-order chi connectivity index (χ0) is 30.2. The number of piperidine rings is 1. The number of phenols is 1. The third-order valence-electron chi connectivity index (χ3n) is 10.1. The lowest BCUT2D eigenvalue weighted by atomic mass is 9.58. The minimum absolute atomic E-state index is 0.0269. The molecule has 5 aliphatic rings. The maximum Gasteiger partial charge on any atom is 0.255 e. The molecule has 0 radical (unpaired) electrons. The summed E-state index contributed by atoms with van der Waals surface area (Å²) in [5, 5.41) is 45.6. The largest absolute Gasteiger partial charge is 0.510 e. The molecule has 1 saturated heterocycles. The SMILES string of the molecule is COc1c(C2CCCCN2CC2CC2)cc(O)c2c1C[C@H]1C[C@H]3[C@H](N(C)C)C(O)=C(C(N)=O)C(=O)[C@@]3(O)C(O)=C1C2=O. The summed E-state index contributed by atoms with van der Waals surface area (Å²) in [5.74, 6) is -5.40. The van der Waals surface area contributed by atoms with Crippen molar-refractivity contribution in [3.8, 4) is 11.5 Å². The summed E-state index contributed by atoms with van der Waals surface area (Å²) in [7, 11) is 4.77. The number of carbonyl (C=O) groups excluding carboxylic acids is 3. The van der Waals surface area contributed by atoms with Crippen molar-refractivity contribution >= 4 is 17.5 Å². The van der Waals surface area contributed by atoms with Crippen LogP contribution in [0.5, 0.6) is 11.5 Å². The Morgan fingerprint density at radius 3 is 2.50 bits per heavy atom. The van der Waals surface area contributed by atoms with Gasteiger partial charge in [-0.2, -0.15) is 0 Å². The van der Waals surface area contributed by atoms with E-state index in [0.29, 0.717) is 17.2 Å². The maximum atomic E-state index is 14.0. The Hall–Kier alpha value is -3.41. The van der Waals surface area contributed by atoms with E-state index < -0.39 is 58.0 Å². The first-order valence-electron chi connectivity index (χ1n) is 14.7. The van der Waals surface area contributed by atoms with Gasteiger partial charge in [0.25, 0.3) is 5.91 Å². The Balaban J connectivity index is 1.48. The Kier molecular flexibility index (Phi) is 6.90. The summed E-state index contributed by atoms with van der Waals surface area (Å²) >= 11 is 0. The number of aliphatic hydroxyl groups is 3. The van der Waals surface area contributed by atoms with Gasteiger partial charge >= 0.3 is 0 Å². The van der Waals surface area contributed by atoms with E-state index in [1.54, 1.807) is 32.2 Å². The highest BCUT2D eigenvalue weighted by molar-refractivity contribution is 6.24. The van der Waals surface area contributed by atoms with Gasteiger partial charge in [0, 0.05) is 35.2 Å². The fourth-order valence-corrected chi connectivity index (χ4v) is 8.01. The second-order valence-corrected chi connectivity index (χ2v) is 12.8. The molecule has 4 aliphatic carbocycles. The van der Waals surface area contributed by atoms with E-state index in [0.717, 1.165) is 37.9 Å². The second-order valence-electron chi connectivity index (χ2n) is 12.8. The number of aromatic hydroxyl groups is 1. The van der Waals surface area contributed by atoms with E-state index in [1.807, 2.05) is 0 Å². The number of rotatable bonds is 6. The predicted molar refractivity (Wildman–Crippen MR) is 151 cm³/mol. The van der Waals surface area contributed by atoms with Crippen LogP contribution in [0.3, 0.4) is 0 Å². The number of allylic oxidation sites excluding steroid dienone is 1. The first kappa shape index (κ1) is 28.7. The Morgan fingerprint density at radius 1 is 1.17 bits per heavy atom. The molecule has 6 rings (SSSR count). The fourth-order valence-electron chi connectivity index (χ4n) is 8.01. The van der Waals surface area contributed by atoms with Crippen LogP contribution in [0.4, 0.5) is 0 Å². The minimum Gasteiger partial charge on any atom is -0.510 e. The van der Waals surface area contributed by atoms with Crippen molar-refractivity contribution in [2.24, 2.45) is 23.5 Å². The van der Waals surface area contributed by atoms with Crippen LogP contribution in [0.15, 0.2) is 28.7 Å². The molecule has 1 heterocycles. The number of likely N-dealkylation sites (tertiary alicyclic amines) is 1. The molecule has 1 aromatic carbocycles. The summed E-state index contributed by atoms with van der Waals surface area (Å²) < 4.78 is 5.96. The molecule has 1 unspecified atom stereocenters. The highest BCUT2D eigenvalue weighted by Gasteiger charge is 2.63. The number of methoxy groups -OCH3 is 1. The summed E-state index contributed by atoms with van der Waals surface area (Å²) in [6, 6.07) is 0.588. The number of phenolic OH excluding ortho intramolecular Hbond substituents is 1. The number of Topliss-reactive ketones (excluding diaryl/α,β-unsaturated/α-hetero) is 2. The van der Waals surface area contributed by atoms with E-state index in [-0.39, 0.29) is 35.8 Å². The molecule has 11 heteroatoms. The lowest BCUT2D eigenvalue weighted by molar-refractivity contribution is -0.148. The van der Waals surface area contributed by atoms with E-state index in [9.17, 15) is 34.8 Å². The van der Waals surface area contributed by atoms with Crippen LogP contribution in [-0.4, -0.2) is 93.6 Å². The number of ketones is 2. The number of aliphatic hydroxyl groups excluding tert-OH is 2. The van der Waals surface area contributed by atoms with E-state index in [4.69, 9.17) is 10.5 Å². The zero-order valence-electron chi connectivity index (χ0n) is 24.2. The molecule has 42 heavy (non-hydrogen) atoms. The molecule has 226 valence electrons. The third kappa shape index (κ3) is 4.08. The lowest BCUT2D eigenvalue weighted by Gasteiger charge is -2.50. The zero-order valence-corrected chi connectivity index (χ0v) is 24.2. The first-order valence-corrected chi connectivity index (χ1v) is 14.7. The van der Waals surface area contributed by atoms with Crippen molar-refractivity contribution in [2.75, 3.05) is 34.3 Å². The van der Waals surface area contributed by atoms with E-state index in [2.05, 4.69) is 4.90 Å². The van der Waals surface area contributed by atoms with Crippen molar-refractivity contribution in [1.29, 1.82) is 0 Å². The lowest BCUT2D eigenvalue weighted by Crippen LogP contribution is -2.63. The van der Waals surface area contributed by atoms with E-state index >= 15 is 0 Å². The van der Waals surface area contributed by atoms with Crippen molar-refractivity contribution in [3.05, 3.63) is 45.4 Å². The Labute approximate surface area is 244 Å². The molecule has 0 bridgehead atoms. The Bertz CT molecular complexity index is 1440. The van der Waals surface area contributed by atoms with Crippen molar-refractivity contribution < 1.29 is 39.5 Å². The van der Waals surface area contributed by atoms with Gasteiger partial charge in [0.05, 0.1) is 18.7 Å². The normalized spacial score (nSPS) is 31.6. The van der Waals surface area contributed by atoms with Crippen molar-refractivity contribution in [1.82, 2.24) is 9.80 Å². The van der Waals surface area contributed by atoms with Crippen LogP contribution in [-0.2, 0) is 16.0 Å². The number of primary amides is 1. The van der Waals surface area contributed by atoms with Gasteiger partial charge < -0.3 is 30.9 Å². The number of hydrogen-bond donors (Lipinski definition) is 5. The standard InChI is InChI=1S/C31H39N3O8/c1-33(2)24-18-11-15-10-17-22(25(36)21(15)28(38)31(18,41)29(39)23(26(24)37)30(32)40)20(35)12-16(27(17)42-3)19-6-4-5-9-34(19)13-14-7-8-14/h12,14-15,18-19,24,35,37-38,41H,4-11,13H2,1-3H3,(H2,32,40)/t15-,18-,19?,24-,31-/m0/s1. The van der Waals surface area contributed by atoms with Crippen LogP contribution in [0, 0.1) is 17.8 Å². The highest BCUT2D eigenvalue weighted by atomic mass is 16.5. The number of benzene rings is 1. The Morgan fingerprint density at radius 2 is 1.88 bits per heavy atom. The van der Waals surface area contributed by atoms with Crippen LogP contribution in [0.25, 0.3) is 0 Å². The highest BCUT2D eigenvalue weighted by Crippen LogP contribution is 2.54. The van der Waals surface area contributed by atoms with Crippen molar-refractivity contribution in [3.63, 3.8) is 0 Å². The molecule has 5 atom stereocenters. The number of amides is 1. The number of carbonyl (C=O) groups is 3. The number of nitrogens with two attached hydrogens (primary N) is 1. The minimum atomic E-state index is -2.66. The molecule has 1 saturated carbocycles. The molecule has 6 N–H and O–H groups in total. The van der Waals surface area contributed by atoms with Gasteiger partial charge in [0.2, 0.25) is 5.78 Å². The van der Waals surface area contributed by atoms with Crippen LogP contribution < -0.4 is 10.5 Å². The summed E-state index contributed by atoms with van der Waals surface area (Å²) in [5.41, 5.74) is 3.09. The molecule has 0 aromatic heterocycles. The molecule has 1 aliphatic heterocycles. The number of fused-ring (bicyclic) bond motifs is 3. The molecule has 0 spiro atoms. The quantitative estimate of drug-likeness (QED) is 0.313. The van der Waals surface area contributed by atoms with Gasteiger partial charge in [-0.15, -0.1) is 0 Å². The predicted octanol–water partition coefficient (Wildman–Crippen LogP) is 2.07. The van der Waals surface area contributed by atoms with Crippen molar-refractivity contribution in [2.45, 2.75) is 62.6 Å². The van der Waals surface area contributed by atoms with Gasteiger partial charge in [0.1, 0.15) is 28.6 Å². The van der Waals surface area contributed by atoms with Gasteiger partial charge in [-0.1, -0.05) is 6.42 Å². The monoisotopic (exact) mass is 581 g/mol. The van der Waals surface area contributed by atoms with Gasteiger partial charge in [0.15, 0.2) is 11.4 Å². The third-order valence-corrected chi connectivity index (χ3v) is 10.1. The van der Waals surface area contributed by atoms with Crippen LogP contribution in [0.2, 0.25) is 0 Å². The van der Waals surface area contributed by atoms with Gasteiger partial charge in [-0.05, 0) is 77.1 Å². The maximum absolute atomic E-state index is 14.0. The average molecular weight is 582 g/mol. The molecule has 2 fully saturated rings. The van der Waals surface area contributed by atoms with Crippen LogP contribution >= 0.6 is 0 Å². The molecular weight excluding hydrogens is 542 g/mol. The van der Waals surface area contributed by atoms with E-state index in [1.165, 1.54) is 12.8 Å². The number of nitrogens with zero attached hydrogens (tertiary/aromatic N) is 2. The smallest absolute Gasteiger partial charge is 0.255 e. The summed E-state index contributed by atoms with van der Waals surface area (Å²) in [6.07, 6.45) is 5.73. The van der Waals surface area contributed by atoms with Gasteiger partial charge in [-0.3, -0.25) is 24.2 Å². The number of hydrogen-bond acceptors (Lipinski definition) is 10. The molecule has 1 amide bonds. The molecule has 11 nitrogen and oxygen atoms in total. The summed E-state index contributed by atoms with van der Waals surface area (Å²) in [4.78, 5) is 43.7. The number of ether oxygens (including phenoxy) is 1. The van der Waals surface area contributed by atoms with Gasteiger partial charge in [-0.25, -0.2) is 0 Å². The molecule has 1 aromatic rings.